The Morgan fingerprint density at radius 2 is 2.04 bits per heavy atom. The lowest BCUT2D eigenvalue weighted by atomic mass is 10.1. The summed E-state index contributed by atoms with van der Waals surface area (Å²) >= 11 is 0. The van der Waals surface area contributed by atoms with E-state index in [1.54, 1.807) is 54.5 Å². The monoisotopic (exact) mass is 311 g/mol. The van der Waals surface area contributed by atoms with Crippen molar-refractivity contribution in [1.29, 1.82) is 0 Å². The summed E-state index contributed by atoms with van der Waals surface area (Å²) in [6.45, 7) is 1.86. The Morgan fingerprint density at radius 3 is 2.78 bits per heavy atom. The molecule has 3 aromatic rings. The van der Waals surface area contributed by atoms with Crippen LogP contribution in [-0.4, -0.2) is 25.9 Å². The van der Waals surface area contributed by atoms with E-state index in [-0.39, 0.29) is 18.0 Å². The maximum absolute atomic E-state index is 13.5. The highest BCUT2D eigenvalue weighted by atomic mass is 19.1. The number of aryl methyl sites for hydroxylation is 1. The number of pyridine rings is 1. The van der Waals surface area contributed by atoms with Gasteiger partial charge in [-0.25, -0.2) is 9.07 Å². The Labute approximate surface area is 132 Å². The lowest BCUT2D eigenvalue weighted by Crippen LogP contribution is -2.23. The summed E-state index contributed by atoms with van der Waals surface area (Å²) in [4.78, 5) is 16.0. The van der Waals surface area contributed by atoms with Gasteiger partial charge in [-0.3, -0.25) is 9.78 Å². The molecule has 0 aliphatic rings. The molecule has 0 saturated heterocycles. The molecular weight excluding hydrogens is 297 g/mol. The topological polar surface area (TPSA) is 72.7 Å². The lowest BCUT2D eigenvalue weighted by Gasteiger charge is -2.04. The van der Waals surface area contributed by atoms with Gasteiger partial charge in [-0.15, -0.1) is 5.10 Å². The van der Waals surface area contributed by atoms with E-state index in [0.29, 0.717) is 11.3 Å². The van der Waals surface area contributed by atoms with E-state index in [1.807, 2.05) is 0 Å². The number of nitrogens with zero attached hydrogens (tertiary/aromatic N) is 4. The largest absolute Gasteiger partial charge is 0.346 e. The molecule has 0 spiro atoms. The molecule has 1 amide bonds. The van der Waals surface area contributed by atoms with Gasteiger partial charge in [0.05, 0.1) is 18.4 Å². The van der Waals surface area contributed by atoms with Crippen LogP contribution in [0.15, 0.2) is 48.9 Å². The molecule has 0 aliphatic heterocycles. The average molecular weight is 311 g/mol. The Bertz CT molecular complexity index is 831. The number of aromatic nitrogens is 4. The number of hydrogen-bond acceptors (Lipinski definition) is 4. The molecule has 7 heteroatoms. The van der Waals surface area contributed by atoms with Gasteiger partial charge in [0.1, 0.15) is 11.5 Å². The van der Waals surface area contributed by atoms with E-state index in [9.17, 15) is 9.18 Å². The summed E-state index contributed by atoms with van der Waals surface area (Å²) in [5, 5.41) is 10.7. The van der Waals surface area contributed by atoms with Crippen molar-refractivity contribution in [2.45, 2.75) is 13.5 Å². The van der Waals surface area contributed by atoms with Crippen molar-refractivity contribution < 1.29 is 9.18 Å². The highest BCUT2D eigenvalue weighted by Gasteiger charge is 2.09. The zero-order valence-corrected chi connectivity index (χ0v) is 12.4. The summed E-state index contributed by atoms with van der Waals surface area (Å²) < 4.78 is 15.1. The van der Waals surface area contributed by atoms with Crippen molar-refractivity contribution >= 4 is 5.91 Å². The SMILES string of the molecule is Cc1ccc(C(=O)NCc2cn(-c3ccncc3)nn2)cc1F. The molecule has 1 N–H and O–H groups in total. The molecule has 0 unspecified atom stereocenters. The first kappa shape index (κ1) is 14.8. The Balaban J connectivity index is 1.65. The van der Waals surface area contributed by atoms with Crippen LogP contribution in [0, 0.1) is 12.7 Å². The van der Waals surface area contributed by atoms with E-state index in [2.05, 4.69) is 20.6 Å². The quantitative estimate of drug-likeness (QED) is 0.800. The van der Waals surface area contributed by atoms with Crippen molar-refractivity contribution in [3.05, 3.63) is 71.6 Å². The maximum atomic E-state index is 13.5. The molecule has 116 valence electrons. The first-order valence-electron chi connectivity index (χ1n) is 6.99. The maximum Gasteiger partial charge on any atom is 0.251 e. The number of halogens is 1. The number of rotatable bonds is 4. The van der Waals surface area contributed by atoms with Gasteiger partial charge >= 0.3 is 0 Å². The van der Waals surface area contributed by atoms with E-state index in [1.165, 1.54) is 6.07 Å². The molecule has 23 heavy (non-hydrogen) atoms. The second-order valence-corrected chi connectivity index (χ2v) is 5.01. The van der Waals surface area contributed by atoms with Crippen LogP contribution >= 0.6 is 0 Å². The molecule has 0 atom stereocenters. The number of hydrogen-bond donors (Lipinski definition) is 1. The fourth-order valence-electron chi connectivity index (χ4n) is 2.01. The molecule has 0 fully saturated rings. The van der Waals surface area contributed by atoms with Gasteiger partial charge in [-0.2, -0.15) is 0 Å². The molecule has 0 radical (unpaired) electrons. The van der Waals surface area contributed by atoms with Gasteiger partial charge in [-0.05, 0) is 36.8 Å². The van der Waals surface area contributed by atoms with E-state index < -0.39 is 5.82 Å². The predicted molar refractivity (Wildman–Crippen MR) is 81.5 cm³/mol. The lowest BCUT2D eigenvalue weighted by molar-refractivity contribution is 0.0950. The number of nitrogens with one attached hydrogen (secondary N) is 1. The molecule has 0 aliphatic carbocycles. The first-order chi connectivity index (χ1) is 11.1. The normalized spacial score (nSPS) is 10.5. The summed E-state index contributed by atoms with van der Waals surface area (Å²) in [7, 11) is 0. The van der Waals surface area contributed by atoms with Crippen molar-refractivity contribution in [3.63, 3.8) is 0 Å². The van der Waals surface area contributed by atoms with Crippen LogP contribution in [0.1, 0.15) is 21.6 Å². The highest BCUT2D eigenvalue weighted by molar-refractivity contribution is 5.94. The molecule has 6 nitrogen and oxygen atoms in total. The van der Waals surface area contributed by atoms with E-state index >= 15 is 0 Å². The van der Waals surface area contributed by atoms with Gasteiger partial charge in [0, 0.05) is 18.0 Å². The summed E-state index contributed by atoms with van der Waals surface area (Å²) in [6.07, 6.45) is 5.03. The van der Waals surface area contributed by atoms with Crippen LogP contribution in [0.3, 0.4) is 0 Å². The van der Waals surface area contributed by atoms with Crippen molar-refractivity contribution in [2.24, 2.45) is 0 Å². The fourth-order valence-corrected chi connectivity index (χ4v) is 2.01. The Kier molecular flexibility index (Phi) is 4.09. The number of carbonyl (C=O) groups excluding carboxylic acids is 1. The fraction of sp³-hybridized carbons (Fsp3) is 0.125. The minimum atomic E-state index is -0.402. The Hall–Kier alpha value is -3.09. The van der Waals surface area contributed by atoms with Crippen LogP contribution in [0.2, 0.25) is 0 Å². The van der Waals surface area contributed by atoms with E-state index in [0.717, 1.165) is 5.69 Å². The van der Waals surface area contributed by atoms with Gasteiger partial charge in [0.25, 0.3) is 5.91 Å². The van der Waals surface area contributed by atoms with Gasteiger partial charge in [0.15, 0.2) is 0 Å². The van der Waals surface area contributed by atoms with Crippen LogP contribution in [-0.2, 0) is 6.54 Å². The molecule has 3 rings (SSSR count). The van der Waals surface area contributed by atoms with Crippen molar-refractivity contribution in [2.75, 3.05) is 0 Å². The number of carbonyl (C=O) groups is 1. The second-order valence-electron chi connectivity index (χ2n) is 5.01. The zero-order valence-electron chi connectivity index (χ0n) is 12.4. The molecule has 1 aromatic carbocycles. The third kappa shape index (κ3) is 3.39. The average Bonchev–Trinajstić information content (AvgIpc) is 3.05. The van der Waals surface area contributed by atoms with Crippen LogP contribution in [0.4, 0.5) is 4.39 Å². The summed E-state index contributed by atoms with van der Waals surface area (Å²) in [5.41, 5.74) is 2.20. The van der Waals surface area contributed by atoms with Gasteiger partial charge in [0.2, 0.25) is 0 Å². The molecule has 0 bridgehead atoms. The predicted octanol–water partition coefficient (Wildman–Crippen LogP) is 2.04. The van der Waals surface area contributed by atoms with Crippen LogP contribution < -0.4 is 5.32 Å². The Morgan fingerprint density at radius 1 is 1.26 bits per heavy atom. The molecule has 2 aromatic heterocycles. The first-order valence-corrected chi connectivity index (χ1v) is 6.99. The number of amides is 1. The summed E-state index contributed by atoms with van der Waals surface area (Å²) in [6, 6.07) is 7.97. The van der Waals surface area contributed by atoms with Gasteiger partial charge in [-0.1, -0.05) is 11.3 Å². The second kappa shape index (κ2) is 6.35. The van der Waals surface area contributed by atoms with Crippen molar-refractivity contribution in [3.8, 4) is 5.69 Å². The minimum absolute atomic E-state index is 0.208. The highest BCUT2D eigenvalue weighted by Crippen LogP contribution is 2.09. The molecular formula is C16H14FN5O. The van der Waals surface area contributed by atoms with Crippen LogP contribution in [0.25, 0.3) is 5.69 Å². The van der Waals surface area contributed by atoms with Gasteiger partial charge < -0.3 is 5.32 Å². The van der Waals surface area contributed by atoms with Crippen LogP contribution in [0.5, 0.6) is 0 Å². The molecule has 2 heterocycles. The standard InChI is InChI=1S/C16H14FN5O/c1-11-2-3-12(8-15(11)17)16(23)19-9-13-10-22(21-20-13)14-4-6-18-7-5-14/h2-8,10H,9H2,1H3,(H,19,23). The molecule has 0 saturated carbocycles. The number of benzene rings is 1. The zero-order chi connectivity index (χ0) is 16.2. The van der Waals surface area contributed by atoms with E-state index in [4.69, 9.17) is 0 Å². The van der Waals surface area contributed by atoms with Crippen molar-refractivity contribution in [1.82, 2.24) is 25.3 Å². The minimum Gasteiger partial charge on any atom is -0.346 e. The third-order valence-corrected chi connectivity index (χ3v) is 3.33. The third-order valence-electron chi connectivity index (χ3n) is 3.33. The summed E-state index contributed by atoms with van der Waals surface area (Å²) in [5.74, 6) is -0.761. The smallest absolute Gasteiger partial charge is 0.251 e.